The van der Waals surface area contributed by atoms with Crippen molar-refractivity contribution in [2.75, 3.05) is 13.1 Å². The van der Waals surface area contributed by atoms with E-state index in [0.29, 0.717) is 16.8 Å². The van der Waals surface area contributed by atoms with Gasteiger partial charge in [0.05, 0.1) is 10.4 Å². The van der Waals surface area contributed by atoms with Crippen molar-refractivity contribution in [1.29, 1.82) is 0 Å². The first-order valence-corrected chi connectivity index (χ1v) is 7.47. The van der Waals surface area contributed by atoms with Crippen molar-refractivity contribution in [3.8, 4) is 0 Å². The second-order valence-electron chi connectivity index (χ2n) is 6.15. The van der Waals surface area contributed by atoms with Gasteiger partial charge in [-0.25, -0.2) is 0 Å². The number of rotatable bonds is 2. The molecule has 2 N–H and O–H groups in total. The third-order valence-electron chi connectivity index (χ3n) is 4.96. The van der Waals surface area contributed by atoms with Crippen LogP contribution in [-0.4, -0.2) is 28.9 Å². The molecular weight excluding hydrogens is 244 g/mol. The third kappa shape index (κ3) is 2.27. The van der Waals surface area contributed by atoms with Crippen LogP contribution in [0.4, 0.5) is 0 Å². The Hall–Kier alpha value is -0.640. The van der Waals surface area contributed by atoms with E-state index >= 15 is 0 Å². The summed E-state index contributed by atoms with van der Waals surface area (Å²) in [6.07, 6.45) is 4.94. The van der Waals surface area contributed by atoms with E-state index in [1.807, 2.05) is 4.90 Å². The molecule has 0 bridgehead atoms. The van der Waals surface area contributed by atoms with Crippen molar-refractivity contribution in [2.24, 2.45) is 23.0 Å². The molecule has 0 spiro atoms. The van der Waals surface area contributed by atoms with Crippen LogP contribution < -0.4 is 5.73 Å². The zero-order valence-corrected chi connectivity index (χ0v) is 12.3. The number of hydrogen-bond donors (Lipinski definition) is 1. The zero-order chi connectivity index (χ0) is 13.3. The highest BCUT2D eigenvalue weighted by atomic mass is 32.1. The van der Waals surface area contributed by atoms with Gasteiger partial charge in [0.25, 0.3) is 0 Å². The van der Waals surface area contributed by atoms with Crippen LogP contribution in [0, 0.1) is 17.3 Å². The number of amides is 1. The number of piperidine rings is 1. The Kier molecular flexibility index (Phi) is 3.95. The Morgan fingerprint density at radius 3 is 2.39 bits per heavy atom. The number of nitrogens with zero attached hydrogens (tertiary/aromatic N) is 1. The molecule has 1 aliphatic heterocycles. The minimum Gasteiger partial charge on any atom is -0.392 e. The summed E-state index contributed by atoms with van der Waals surface area (Å²) in [5.41, 5.74) is 5.37. The van der Waals surface area contributed by atoms with Gasteiger partial charge < -0.3 is 10.6 Å². The first-order chi connectivity index (χ1) is 8.47. The average Bonchev–Trinajstić information content (AvgIpc) is 2.82. The lowest BCUT2D eigenvalue weighted by atomic mass is 9.82. The number of nitrogens with two attached hydrogens (primary N) is 1. The van der Waals surface area contributed by atoms with Crippen LogP contribution in [-0.2, 0) is 4.79 Å². The Morgan fingerprint density at radius 2 is 1.89 bits per heavy atom. The molecule has 0 aromatic rings. The number of carbonyl (C=O) groups excluding carboxylic acids is 1. The largest absolute Gasteiger partial charge is 0.392 e. The molecule has 2 unspecified atom stereocenters. The van der Waals surface area contributed by atoms with Crippen molar-refractivity contribution < 1.29 is 4.79 Å². The number of thiocarbonyl (C=S) groups is 1. The van der Waals surface area contributed by atoms with Crippen LogP contribution in [0.15, 0.2) is 0 Å². The second-order valence-corrected chi connectivity index (χ2v) is 6.59. The summed E-state index contributed by atoms with van der Waals surface area (Å²) in [5.74, 6) is 1.48. The van der Waals surface area contributed by atoms with E-state index in [-0.39, 0.29) is 5.91 Å². The molecule has 4 heteroatoms. The predicted molar refractivity (Wildman–Crippen MR) is 77.2 cm³/mol. The normalized spacial score (nSPS) is 31.3. The Morgan fingerprint density at radius 1 is 1.28 bits per heavy atom. The molecule has 2 fully saturated rings. The van der Waals surface area contributed by atoms with Gasteiger partial charge in [-0.2, -0.15) is 0 Å². The van der Waals surface area contributed by atoms with Gasteiger partial charge in [0.15, 0.2) is 0 Å². The SMILES string of the molecule is CC1CCN(C(=O)C2(C(N)=S)CCCC2)CC1C. The molecule has 0 radical (unpaired) electrons. The fourth-order valence-corrected chi connectivity index (χ4v) is 3.59. The standard InChI is InChI=1S/C14H24N2OS/c1-10-5-8-16(9-11(10)2)13(17)14(12(15)18)6-3-4-7-14/h10-11H,3-9H2,1-2H3,(H2,15,18). The lowest BCUT2D eigenvalue weighted by molar-refractivity contribution is -0.140. The summed E-state index contributed by atoms with van der Waals surface area (Å²) in [6.45, 7) is 6.23. The monoisotopic (exact) mass is 268 g/mol. The lowest BCUT2D eigenvalue weighted by Crippen LogP contribution is -2.52. The lowest BCUT2D eigenvalue weighted by Gasteiger charge is -2.40. The molecule has 3 nitrogen and oxygen atoms in total. The van der Waals surface area contributed by atoms with Crippen LogP contribution in [0.3, 0.4) is 0 Å². The summed E-state index contributed by atoms with van der Waals surface area (Å²) in [6, 6.07) is 0. The number of carbonyl (C=O) groups is 1. The zero-order valence-electron chi connectivity index (χ0n) is 11.4. The van der Waals surface area contributed by atoms with Gasteiger partial charge in [-0.05, 0) is 31.1 Å². The van der Waals surface area contributed by atoms with Crippen LogP contribution in [0.5, 0.6) is 0 Å². The maximum atomic E-state index is 12.8. The Balaban J connectivity index is 2.12. The van der Waals surface area contributed by atoms with Crippen molar-refractivity contribution in [3.63, 3.8) is 0 Å². The van der Waals surface area contributed by atoms with Gasteiger partial charge in [-0.15, -0.1) is 0 Å². The molecule has 1 heterocycles. The second kappa shape index (κ2) is 5.16. The molecular formula is C14H24N2OS. The minimum atomic E-state index is -0.518. The fraction of sp³-hybridized carbons (Fsp3) is 0.857. The highest BCUT2D eigenvalue weighted by molar-refractivity contribution is 7.80. The van der Waals surface area contributed by atoms with Gasteiger partial charge in [0, 0.05) is 13.1 Å². The van der Waals surface area contributed by atoms with Crippen LogP contribution in [0.25, 0.3) is 0 Å². The summed E-state index contributed by atoms with van der Waals surface area (Å²) >= 11 is 5.20. The fourth-order valence-electron chi connectivity index (χ4n) is 3.29. The Bertz CT molecular complexity index is 350. The van der Waals surface area contributed by atoms with Crippen LogP contribution in [0.1, 0.15) is 46.0 Å². The maximum Gasteiger partial charge on any atom is 0.235 e. The summed E-state index contributed by atoms with van der Waals surface area (Å²) in [7, 11) is 0. The van der Waals surface area contributed by atoms with Gasteiger partial charge in [0.1, 0.15) is 0 Å². The highest BCUT2D eigenvalue weighted by Crippen LogP contribution is 2.41. The van der Waals surface area contributed by atoms with E-state index < -0.39 is 5.41 Å². The molecule has 1 saturated heterocycles. The predicted octanol–water partition coefficient (Wildman–Crippen LogP) is 2.34. The molecule has 102 valence electrons. The first kappa shape index (κ1) is 13.8. The highest BCUT2D eigenvalue weighted by Gasteiger charge is 2.46. The van der Waals surface area contributed by atoms with E-state index in [4.69, 9.17) is 18.0 Å². The van der Waals surface area contributed by atoms with Gasteiger partial charge in [-0.1, -0.05) is 38.9 Å². The van der Waals surface area contributed by atoms with E-state index in [0.717, 1.165) is 45.2 Å². The van der Waals surface area contributed by atoms with E-state index in [9.17, 15) is 4.79 Å². The van der Waals surface area contributed by atoms with Gasteiger partial charge >= 0.3 is 0 Å². The molecule has 1 aliphatic carbocycles. The Labute approximate surface area is 115 Å². The summed E-state index contributed by atoms with van der Waals surface area (Å²) < 4.78 is 0. The van der Waals surface area contributed by atoms with Crippen molar-refractivity contribution >= 4 is 23.1 Å². The molecule has 18 heavy (non-hydrogen) atoms. The molecule has 2 aliphatic rings. The first-order valence-electron chi connectivity index (χ1n) is 7.06. The topological polar surface area (TPSA) is 46.3 Å². The molecule has 0 aromatic heterocycles. The molecule has 2 atom stereocenters. The molecule has 2 rings (SSSR count). The molecule has 1 saturated carbocycles. The smallest absolute Gasteiger partial charge is 0.235 e. The third-order valence-corrected chi connectivity index (χ3v) is 5.35. The van der Waals surface area contributed by atoms with E-state index in [1.165, 1.54) is 0 Å². The summed E-state index contributed by atoms with van der Waals surface area (Å²) in [4.78, 5) is 15.2. The number of hydrogen-bond acceptors (Lipinski definition) is 2. The number of likely N-dealkylation sites (tertiary alicyclic amines) is 1. The van der Waals surface area contributed by atoms with Crippen molar-refractivity contribution in [3.05, 3.63) is 0 Å². The van der Waals surface area contributed by atoms with E-state index in [2.05, 4.69) is 13.8 Å². The summed E-state index contributed by atoms with van der Waals surface area (Å²) in [5, 5.41) is 0. The van der Waals surface area contributed by atoms with Gasteiger partial charge in [-0.3, -0.25) is 4.79 Å². The molecule has 0 aromatic carbocycles. The van der Waals surface area contributed by atoms with Crippen molar-refractivity contribution in [1.82, 2.24) is 4.90 Å². The van der Waals surface area contributed by atoms with E-state index in [1.54, 1.807) is 0 Å². The van der Waals surface area contributed by atoms with Crippen molar-refractivity contribution in [2.45, 2.75) is 46.0 Å². The maximum absolute atomic E-state index is 12.8. The van der Waals surface area contributed by atoms with Crippen LogP contribution in [0.2, 0.25) is 0 Å². The average molecular weight is 268 g/mol. The minimum absolute atomic E-state index is 0.200. The quantitative estimate of drug-likeness (QED) is 0.782. The molecule has 1 amide bonds. The van der Waals surface area contributed by atoms with Crippen LogP contribution >= 0.6 is 12.2 Å². The van der Waals surface area contributed by atoms with Gasteiger partial charge in [0.2, 0.25) is 5.91 Å².